The molecule has 0 amide bonds. The summed E-state index contributed by atoms with van der Waals surface area (Å²) in [5, 5.41) is 4.14. The molecule has 3 aromatic carbocycles. The van der Waals surface area contributed by atoms with E-state index in [0.717, 1.165) is 12.6 Å². The predicted octanol–water partition coefficient (Wildman–Crippen LogP) is 2.08. The fourth-order valence-electron chi connectivity index (χ4n) is 4.52. The molecule has 4 heteroatoms. The number of hydrogen-bond acceptors (Lipinski definition) is 2. The molecule has 1 aliphatic rings. The van der Waals surface area contributed by atoms with Crippen molar-refractivity contribution < 1.29 is 33.5 Å². The molecule has 2 nitrogen and oxygen atoms in total. The van der Waals surface area contributed by atoms with Crippen molar-refractivity contribution in [3.63, 3.8) is 0 Å². The van der Waals surface area contributed by atoms with Gasteiger partial charge in [-0.25, -0.2) is 0 Å². The molecule has 1 saturated heterocycles. The third-order valence-electron chi connectivity index (χ3n) is 5.71. The molecular formula is C27H30IO2P. The molecule has 0 unspecified atom stereocenters. The Balaban J connectivity index is 0.00000272. The molecule has 3 aromatic rings. The quantitative estimate of drug-likeness (QED) is 0.269. The largest absolute Gasteiger partial charge is 1.00 e. The van der Waals surface area contributed by atoms with Crippen LogP contribution in [-0.2, 0) is 9.47 Å². The second-order valence-electron chi connectivity index (χ2n) is 8.27. The second kappa shape index (κ2) is 10.4. The van der Waals surface area contributed by atoms with Gasteiger partial charge in [-0.3, -0.25) is 0 Å². The van der Waals surface area contributed by atoms with E-state index in [1.165, 1.54) is 15.9 Å². The monoisotopic (exact) mass is 544 g/mol. The van der Waals surface area contributed by atoms with Gasteiger partial charge in [0.1, 0.15) is 29.3 Å². The summed E-state index contributed by atoms with van der Waals surface area (Å²) in [5.41, 5.74) is 0. The van der Waals surface area contributed by atoms with E-state index < -0.39 is 13.0 Å². The highest BCUT2D eigenvalue weighted by atomic mass is 127. The number of halogens is 1. The van der Waals surface area contributed by atoms with Gasteiger partial charge in [0, 0.05) is 6.42 Å². The van der Waals surface area contributed by atoms with Crippen LogP contribution >= 0.6 is 7.26 Å². The lowest BCUT2D eigenvalue weighted by atomic mass is 10.1. The van der Waals surface area contributed by atoms with Crippen LogP contribution in [0.4, 0.5) is 0 Å². The van der Waals surface area contributed by atoms with Crippen LogP contribution in [0.3, 0.4) is 0 Å². The Hall–Kier alpha value is -1.52. The van der Waals surface area contributed by atoms with Gasteiger partial charge in [-0.1, -0.05) is 60.7 Å². The average molecular weight is 544 g/mol. The van der Waals surface area contributed by atoms with Crippen molar-refractivity contribution in [2.45, 2.75) is 38.3 Å². The molecule has 4 rings (SSSR count). The minimum Gasteiger partial charge on any atom is -1.00 e. The number of ether oxygens (including phenoxy) is 2. The number of hydrogen-bond donors (Lipinski definition) is 0. The van der Waals surface area contributed by atoms with Gasteiger partial charge in [0.25, 0.3) is 0 Å². The Kier molecular flexibility index (Phi) is 8.09. The van der Waals surface area contributed by atoms with Crippen LogP contribution in [0.25, 0.3) is 0 Å². The third-order valence-corrected chi connectivity index (χ3v) is 10.2. The van der Waals surface area contributed by atoms with Crippen LogP contribution in [0.2, 0.25) is 0 Å². The molecule has 0 spiro atoms. The molecule has 1 aliphatic heterocycles. The van der Waals surface area contributed by atoms with Crippen molar-refractivity contribution in [3.8, 4) is 0 Å². The lowest BCUT2D eigenvalue weighted by Gasteiger charge is -2.41. The standard InChI is InChI=1S/C27H30O2P.HI/c1-4-22-20-23(29-27(2,3)28-22)21-30(24-14-8-5-9-15-24,25-16-10-6-11-17-25)26-18-12-7-13-19-26;/h4-19,22-23H,1,20-21H2,2-3H3;1H/q+1;/p-1/t22-,23-;/m0./s1. The first-order chi connectivity index (χ1) is 14.5. The van der Waals surface area contributed by atoms with Crippen molar-refractivity contribution in [1.29, 1.82) is 0 Å². The summed E-state index contributed by atoms with van der Waals surface area (Å²) in [4.78, 5) is 0. The van der Waals surface area contributed by atoms with Crippen molar-refractivity contribution in [3.05, 3.63) is 104 Å². The first-order valence-electron chi connectivity index (χ1n) is 10.6. The zero-order chi connectivity index (χ0) is 21.0. The first-order valence-corrected chi connectivity index (χ1v) is 12.5. The minimum absolute atomic E-state index is 0. The van der Waals surface area contributed by atoms with Crippen molar-refractivity contribution in [1.82, 2.24) is 0 Å². The molecule has 0 bridgehead atoms. The lowest BCUT2D eigenvalue weighted by molar-refractivity contribution is -0.285. The van der Waals surface area contributed by atoms with Crippen LogP contribution in [0.15, 0.2) is 104 Å². The average Bonchev–Trinajstić information content (AvgIpc) is 2.78. The van der Waals surface area contributed by atoms with Gasteiger partial charge < -0.3 is 33.5 Å². The van der Waals surface area contributed by atoms with E-state index in [1.54, 1.807) is 0 Å². The van der Waals surface area contributed by atoms with Gasteiger partial charge in [0.2, 0.25) is 0 Å². The maximum Gasteiger partial charge on any atom is 0.164 e. The van der Waals surface area contributed by atoms with E-state index in [-0.39, 0.29) is 36.2 Å². The molecule has 1 fully saturated rings. The summed E-state index contributed by atoms with van der Waals surface area (Å²) in [7, 11) is -1.93. The molecule has 0 aliphatic carbocycles. The SMILES string of the molecule is C=C[C@H]1C[C@@H](C[P+](c2ccccc2)(c2ccccc2)c2ccccc2)OC(C)(C)O1.[I-]. The Morgan fingerprint density at radius 1 is 0.806 bits per heavy atom. The summed E-state index contributed by atoms with van der Waals surface area (Å²) >= 11 is 0. The van der Waals surface area contributed by atoms with Crippen molar-refractivity contribution in [2.75, 3.05) is 6.16 Å². The normalized spacial score (nSPS) is 20.5. The zero-order valence-corrected chi connectivity index (χ0v) is 21.2. The van der Waals surface area contributed by atoms with Crippen LogP contribution in [0.1, 0.15) is 20.3 Å². The third kappa shape index (κ3) is 5.28. The Morgan fingerprint density at radius 2 is 1.23 bits per heavy atom. The zero-order valence-electron chi connectivity index (χ0n) is 18.2. The van der Waals surface area contributed by atoms with Gasteiger partial charge in [-0.05, 0) is 50.2 Å². The number of rotatable bonds is 6. The molecular weight excluding hydrogens is 514 g/mol. The smallest absolute Gasteiger partial charge is 0.164 e. The second-order valence-corrected chi connectivity index (χ2v) is 11.8. The fraction of sp³-hybridized carbons (Fsp3) is 0.259. The maximum atomic E-state index is 6.48. The van der Waals surface area contributed by atoms with Gasteiger partial charge >= 0.3 is 0 Å². The fourth-order valence-corrected chi connectivity index (χ4v) is 8.93. The lowest BCUT2D eigenvalue weighted by Crippen LogP contribution is -3.00. The Bertz CT molecular complexity index is 864. The number of benzene rings is 3. The molecule has 0 radical (unpaired) electrons. The molecule has 31 heavy (non-hydrogen) atoms. The van der Waals surface area contributed by atoms with E-state index in [9.17, 15) is 0 Å². The van der Waals surface area contributed by atoms with E-state index in [2.05, 4.69) is 97.6 Å². The van der Waals surface area contributed by atoms with E-state index >= 15 is 0 Å². The maximum absolute atomic E-state index is 6.48. The van der Waals surface area contributed by atoms with Crippen molar-refractivity contribution >= 4 is 23.2 Å². The molecule has 0 saturated carbocycles. The van der Waals surface area contributed by atoms with Crippen LogP contribution in [0, 0.1) is 0 Å². The summed E-state index contributed by atoms with van der Waals surface area (Å²) in [5.74, 6) is -0.624. The van der Waals surface area contributed by atoms with E-state index in [1.807, 2.05) is 19.9 Å². The highest BCUT2D eigenvalue weighted by Crippen LogP contribution is 2.57. The Morgan fingerprint density at radius 3 is 1.61 bits per heavy atom. The molecule has 0 aromatic heterocycles. The van der Waals surface area contributed by atoms with Crippen LogP contribution in [-0.4, -0.2) is 24.2 Å². The van der Waals surface area contributed by atoms with Gasteiger partial charge in [0.15, 0.2) is 5.79 Å². The van der Waals surface area contributed by atoms with Crippen molar-refractivity contribution in [2.24, 2.45) is 0 Å². The summed E-state index contributed by atoms with van der Waals surface area (Å²) in [6, 6.07) is 32.9. The summed E-state index contributed by atoms with van der Waals surface area (Å²) in [6.07, 6.45) is 3.74. The van der Waals surface area contributed by atoms with Gasteiger partial charge in [0.05, 0.1) is 12.2 Å². The molecule has 0 N–H and O–H groups in total. The van der Waals surface area contributed by atoms with E-state index in [4.69, 9.17) is 9.47 Å². The van der Waals surface area contributed by atoms with Gasteiger partial charge in [-0.15, -0.1) is 6.58 Å². The van der Waals surface area contributed by atoms with E-state index in [0.29, 0.717) is 0 Å². The molecule has 2 atom stereocenters. The molecule has 162 valence electrons. The highest BCUT2D eigenvalue weighted by Gasteiger charge is 2.49. The van der Waals surface area contributed by atoms with Crippen LogP contribution in [0.5, 0.6) is 0 Å². The summed E-state index contributed by atoms with van der Waals surface area (Å²) in [6.45, 7) is 7.99. The summed E-state index contributed by atoms with van der Waals surface area (Å²) < 4.78 is 12.5. The Labute approximate surface area is 204 Å². The van der Waals surface area contributed by atoms with Gasteiger partial charge in [-0.2, -0.15) is 0 Å². The highest BCUT2D eigenvalue weighted by molar-refractivity contribution is 7.95. The molecule has 1 heterocycles. The minimum atomic E-state index is -1.93. The topological polar surface area (TPSA) is 18.5 Å². The predicted molar refractivity (Wildman–Crippen MR) is 129 cm³/mol. The van der Waals surface area contributed by atoms with Crippen LogP contribution < -0.4 is 39.9 Å². The first kappa shape index (κ1) is 24.1.